The van der Waals surface area contributed by atoms with Crippen LogP contribution in [0.15, 0.2) is 36.4 Å². The summed E-state index contributed by atoms with van der Waals surface area (Å²) in [7, 11) is 0. The van der Waals surface area contributed by atoms with E-state index in [4.69, 9.17) is 5.11 Å². The van der Waals surface area contributed by atoms with E-state index in [1.807, 2.05) is 0 Å². The SMILES string of the molecule is O=C(O)c1cc(F)nc(-c2ccc(OC(F)(F)F)cc2)c1. The molecule has 0 aliphatic carbocycles. The van der Waals surface area contributed by atoms with Gasteiger partial charge in [0.15, 0.2) is 0 Å². The summed E-state index contributed by atoms with van der Waals surface area (Å²) in [5.74, 6) is -2.78. The van der Waals surface area contributed by atoms with Crippen molar-refractivity contribution in [2.45, 2.75) is 6.36 Å². The Morgan fingerprint density at radius 1 is 1.14 bits per heavy atom. The molecule has 2 aromatic rings. The molecule has 0 saturated carbocycles. The normalized spacial score (nSPS) is 11.2. The summed E-state index contributed by atoms with van der Waals surface area (Å²) in [4.78, 5) is 14.3. The quantitative estimate of drug-likeness (QED) is 0.696. The van der Waals surface area contributed by atoms with E-state index in [1.54, 1.807) is 0 Å². The smallest absolute Gasteiger partial charge is 0.478 e. The standard InChI is InChI=1S/C13H7F4NO3/c14-11-6-8(12(19)20)5-10(18-11)7-1-3-9(4-2-7)21-13(15,16)17/h1-6H,(H,19,20). The van der Waals surface area contributed by atoms with E-state index in [2.05, 4.69) is 9.72 Å². The molecule has 0 spiro atoms. The van der Waals surface area contributed by atoms with Gasteiger partial charge in [-0.2, -0.15) is 4.39 Å². The van der Waals surface area contributed by atoms with E-state index in [0.29, 0.717) is 0 Å². The molecule has 0 bridgehead atoms. The highest BCUT2D eigenvalue weighted by Gasteiger charge is 2.30. The van der Waals surface area contributed by atoms with Crippen molar-refractivity contribution in [1.82, 2.24) is 4.98 Å². The number of hydrogen-bond acceptors (Lipinski definition) is 3. The molecule has 21 heavy (non-hydrogen) atoms. The van der Waals surface area contributed by atoms with Gasteiger partial charge in [-0.1, -0.05) is 0 Å². The summed E-state index contributed by atoms with van der Waals surface area (Å²) in [6, 6.07) is 6.34. The lowest BCUT2D eigenvalue weighted by Crippen LogP contribution is -2.16. The lowest BCUT2D eigenvalue weighted by atomic mass is 10.1. The minimum absolute atomic E-state index is 0.00837. The highest BCUT2D eigenvalue weighted by molar-refractivity contribution is 5.88. The number of ether oxygens (including phenoxy) is 1. The first-order chi connectivity index (χ1) is 9.74. The van der Waals surface area contributed by atoms with Crippen molar-refractivity contribution in [3.63, 3.8) is 0 Å². The number of aromatic nitrogens is 1. The van der Waals surface area contributed by atoms with Gasteiger partial charge in [-0.25, -0.2) is 9.78 Å². The molecule has 0 radical (unpaired) electrons. The van der Waals surface area contributed by atoms with Crippen LogP contribution in [0.3, 0.4) is 0 Å². The molecule has 0 unspecified atom stereocenters. The number of nitrogens with zero attached hydrogens (tertiary/aromatic N) is 1. The Kier molecular flexibility index (Phi) is 3.79. The van der Waals surface area contributed by atoms with Crippen molar-refractivity contribution in [3.8, 4) is 17.0 Å². The van der Waals surface area contributed by atoms with Gasteiger partial charge in [0.2, 0.25) is 5.95 Å². The van der Waals surface area contributed by atoms with Crippen molar-refractivity contribution < 1.29 is 32.2 Å². The summed E-state index contributed by atoms with van der Waals surface area (Å²) in [5.41, 5.74) is -0.0643. The molecule has 0 aliphatic heterocycles. The Balaban J connectivity index is 2.32. The molecule has 1 aromatic carbocycles. The lowest BCUT2D eigenvalue weighted by molar-refractivity contribution is -0.274. The van der Waals surface area contributed by atoms with Gasteiger partial charge >= 0.3 is 12.3 Å². The van der Waals surface area contributed by atoms with Crippen molar-refractivity contribution in [2.75, 3.05) is 0 Å². The maximum absolute atomic E-state index is 13.2. The van der Waals surface area contributed by atoms with E-state index in [-0.39, 0.29) is 16.8 Å². The van der Waals surface area contributed by atoms with Crippen LogP contribution in [0.5, 0.6) is 5.75 Å². The number of carbonyl (C=O) groups is 1. The number of aromatic carboxylic acids is 1. The van der Waals surface area contributed by atoms with Crippen LogP contribution in [0.2, 0.25) is 0 Å². The van der Waals surface area contributed by atoms with Gasteiger partial charge in [-0.05, 0) is 30.3 Å². The number of carboxylic acids is 1. The Bertz CT molecular complexity index is 668. The summed E-state index contributed by atoms with van der Waals surface area (Å²) < 4.78 is 52.9. The number of benzene rings is 1. The summed E-state index contributed by atoms with van der Waals surface area (Å²) in [6.07, 6.45) is -4.81. The van der Waals surface area contributed by atoms with Crippen LogP contribution in [0.25, 0.3) is 11.3 Å². The first-order valence-corrected chi connectivity index (χ1v) is 5.52. The minimum Gasteiger partial charge on any atom is -0.478 e. The van der Waals surface area contributed by atoms with Gasteiger partial charge in [0.1, 0.15) is 5.75 Å². The molecule has 0 fully saturated rings. The van der Waals surface area contributed by atoms with Crippen molar-refractivity contribution in [1.29, 1.82) is 0 Å². The second-order valence-corrected chi connectivity index (χ2v) is 3.94. The van der Waals surface area contributed by atoms with Gasteiger partial charge in [0.05, 0.1) is 11.3 Å². The van der Waals surface area contributed by atoms with E-state index in [9.17, 15) is 22.4 Å². The predicted molar refractivity (Wildman–Crippen MR) is 63.3 cm³/mol. The topological polar surface area (TPSA) is 59.4 Å². The number of hydrogen-bond donors (Lipinski definition) is 1. The predicted octanol–water partition coefficient (Wildman–Crippen LogP) is 3.48. The highest BCUT2D eigenvalue weighted by atomic mass is 19.4. The number of carboxylic acid groups (broad SMARTS) is 1. The van der Waals surface area contributed by atoms with E-state index in [0.717, 1.165) is 24.3 Å². The molecule has 1 N–H and O–H groups in total. The fourth-order valence-electron chi connectivity index (χ4n) is 1.60. The average molecular weight is 301 g/mol. The number of rotatable bonds is 3. The second-order valence-electron chi connectivity index (χ2n) is 3.94. The first kappa shape index (κ1) is 14.8. The van der Waals surface area contributed by atoms with Gasteiger partial charge in [0, 0.05) is 11.6 Å². The maximum Gasteiger partial charge on any atom is 0.573 e. The zero-order valence-electron chi connectivity index (χ0n) is 10.2. The van der Waals surface area contributed by atoms with Gasteiger partial charge in [-0.3, -0.25) is 0 Å². The van der Waals surface area contributed by atoms with Crippen molar-refractivity contribution >= 4 is 5.97 Å². The largest absolute Gasteiger partial charge is 0.573 e. The summed E-state index contributed by atoms with van der Waals surface area (Å²) in [6.45, 7) is 0. The van der Waals surface area contributed by atoms with Crippen LogP contribution in [-0.4, -0.2) is 22.4 Å². The van der Waals surface area contributed by atoms with Crippen LogP contribution in [0, 0.1) is 5.95 Å². The third-order valence-electron chi connectivity index (χ3n) is 2.42. The van der Waals surface area contributed by atoms with Crippen LogP contribution in [0.4, 0.5) is 17.6 Å². The minimum atomic E-state index is -4.81. The zero-order valence-corrected chi connectivity index (χ0v) is 10.2. The number of pyridine rings is 1. The fraction of sp³-hybridized carbons (Fsp3) is 0.0769. The molecule has 1 heterocycles. The molecule has 0 saturated heterocycles. The van der Waals surface area contributed by atoms with Gasteiger partial charge in [0.25, 0.3) is 0 Å². The van der Waals surface area contributed by atoms with Crippen LogP contribution < -0.4 is 4.74 Å². The molecule has 2 rings (SSSR count). The number of alkyl halides is 3. The maximum atomic E-state index is 13.2. The molecule has 0 amide bonds. The molecule has 4 nitrogen and oxygen atoms in total. The summed E-state index contributed by atoms with van der Waals surface area (Å²) >= 11 is 0. The van der Waals surface area contributed by atoms with E-state index in [1.165, 1.54) is 12.1 Å². The molecule has 1 aromatic heterocycles. The van der Waals surface area contributed by atoms with Gasteiger partial charge in [-0.15, -0.1) is 13.2 Å². The second kappa shape index (κ2) is 5.39. The molecule has 110 valence electrons. The Morgan fingerprint density at radius 2 is 1.76 bits per heavy atom. The first-order valence-electron chi connectivity index (χ1n) is 5.52. The molecular weight excluding hydrogens is 294 g/mol. The average Bonchev–Trinajstić information content (AvgIpc) is 2.37. The third-order valence-corrected chi connectivity index (χ3v) is 2.42. The Labute approximate surface area is 115 Å². The van der Waals surface area contributed by atoms with Crippen LogP contribution >= 0.6 is 0 Å². The summed E-state index contributed by atoms with van der Waals surface area (Å²) in [5, 5.41) is 8.81. The number of halogens is 4. The zero-order chi connectivity index (χ0) is 15.6. The Hall–Kier alpha value is -2.64. The molecule has 0 aliphatic rings. The van der Waals surface area contributed by atoms with E-state index >= 15 is 0 Å². The Morgan fingerprint density at radius 3 is 2.29 bits per heavy atom. The van der Waals surface area contributed by atoms with Gasteiger partial charge < -0.3 is 9.84 Å². The fourth-order valence-corrected chi connectivity index (χ4v) is 1.60. The molecular formula is C13H7F4NO3. The lowest BCUT2D eigenvalue weighted by Gasteiger charge is -2.09. The molecule has 8 heteroatoms. The highest BCUT2D eigenvalue weighted by Crippen LogP contribution is 2.26. The van der Waals surface area contributed by atoms with E-state index < -0.39 is 24.0 Å². The molecule has 0 atom stereocenters. The van der Waals surface area contributed by atoms with Crippen molar-refractivity contribution in [2.24, 2.45) is 0 Å². The van der Waals surface area contributed by atoms with Crippen LogP contribution in [0.1, 0.15) is 10.4 Å². The third kappa shape index (κ3) is 3.91. The van der Waals surface area contributed by atoms with Crippen LogP contribution in [-0.2, 0) is 0 Å². The van der Waals surface area contributed by atoms with Crippen molar-refractivity contribution in [3.05, 3.63) is 47.9 Å². The monoisotopic (exact) mass is 301 g/mol.